The third-order valence-corrected chi connectivity index (χ3v) is 7.09. The fourth-order valence-corrected chi connectivity index (χ4v) is 5.16. The lowest BCUT2D eigenvalue weighted by atomic mass is 9.75. The van der Waals surface area contributed by atoms with Crippen LogP contribution in [0.25, 0.3) is 0 Å². The summed E-state index contributed by atoms with van der Waals surface area (Å²) in [4.78, 5) is 33.4. The normalized spacial score (nSPS) is 24.4. The van der Waals surface area contributed by atoms with Crippen LogP contribution in [-0.4, -0.2) is 41.2 Å². The van der Waals surface area contributed by atoms with E-state index in [-0.39, 0.29) is 23.7 Å². The molecule has 168 valence electrons. The van der Waals surface area contributed by atoms with Crippen molar-refractivity contribution in [1.29, 1.82) is 0 Å². The fraction of sp³-hybridized carbons (Fsp3) is 0.296. The van der Waals surface area contributed by atoms with Crippen molar-refractivity contribution in [2.75, 3.05) is 13.6 Å². The Kier molecular flexibility index (Phi) is 5.16. The van der Waals surface area contributed by atoms with Gasteiger partial charge in [-0.15, -0.1) is 0 Å². The van der Waals surface area contributed by atoms with Gasteiger partial charge in [-0.1, -0.05) is 66.8 Å². The lowest BCUT2D eigenvalue weighted by molar-refractivity contribution is -0.130. The molecule has 2 N–H and O–H groups in total. The number of benzene rings is 2. The lowest BCUT2D eigenvalue weighted by Gasteiger charge is -2.32. The molecule has 0 saturated heterocycles. The quantitative estimate of drug-likeness (QED) is 0.796. The van der Waals surface area contributed by atoms with E-state index in [9.17, 15) is 9.59 Å². The van der Waals surface area contributed by atoms with Crippen LogP contribution in [-0.2, 0) is 28.1 Å². The summed E-state index contributed by atoms with van der Waals surface area (Å²) in [5, 5.41) is 0. The predicted octanol–water partition coefficient (Wildman–Crippen LogP) is 3.24. The van der Waals surface area contributed by atoms with Gasteiger partial charge in [0.2, 0.25) is 5.91 Å². The third-order valence-electron chi connectivity index (χ3n) is 7.09. The maximum Gasteiger partial charge on any atom is 0.266 e. The highest BCUT2D eigenvalue weighted by atomic mass is 16.2. The van der Waals surface area contributed by atoms with Crippen molar-refractivity contribution < 1.29 is 9.59 Å². The number of rotatable bonds is 3. The van der Waals surface area contributed by atoms with E-state index in [4.69, 9.17) is 10.7 Å². The van der Waals surface area contributed by atoms with E-state index in [2.05, 4.69) is 24.3 Å². The minimum absolute atomic E-state index is 0.109. The number of allylic oxidation sites excluding steroid dienone is 3. The molecule has 3 aliphatic rings. The second kappa shape index (κ2) is 8.03. The highest BCUT2D eigenvalue weighted by molar-refractivity contribution is 6.08. The van der Waals surface area contributed by atoms with Gasteiger partial charge in [0.25, 0.3) is 5.91 Å². The fourth-order valence-electron chi connectivity index (χ4n) is 5.16. The number of amides is 2. The van der Waals surface area contributed by atoms with Gasteiger partial charge < -0.3 is 10.6 Å². The van der Waals surface area contributed by atoms with E-state index < -0.39 is 5.54 Å². The van der Waals surface area contributed by atoms with Crippen molar-refractivity contribution in [1.82, 2.24) is 9.80 Å². The van der Waals surface area contributed by atoms with Crippen molar-refractivity contribution >= 4 is 17.8 Å². The molecular formula is C27H28N4O2. The number of aliphatic imine (C=N–C) groups is 1. The molecule has 0 fully saturated rings. The molecule has 2 amide bonds. The average molecular weight is 441 g/mol. The molecular weight excluding hydrogens is 412 g/mol. The molecule has 6 heteroatoms. The van der Waals surface area contributed by atoms with E-state index >= 15 is 0 Å². The van der Waals surface area contributed by atoms with Crippen LogP contribution in [0.5, 0.6) is 0 Å². The maximum absolute atomic E-state index is 13.5. The molecule has 1 aliphatic carbocycles. The lowest BCUT2D eigenvalue weighted by Crippen LogP contribution is -2.42. The molecule has 2 heterocycles. The second-order valence-corrected chi connectivity index (χ2v) is 9.02. The molecule has 6 nitrogen and oxygen atoms in total. The Hall–Kier alpha value is -3.67. The molecule has 33 heavy (non-hydrogen) atoms. The first-order valence-corrected chi connectivity index (χ1v) is 11.3. The van der Waals surface area contributed by atoms with Crippen LogP contribution in [0.4, 0.5) is 0 Å². The zero-order chi connectivity index (χ0) is 23.2. The smallest absolute Gasteiger partial charge is 0.266 e. The largest absolute Gasteiger partial charge is 0.369 e. The number of carbonyl (C=O) groups excluding carboxylic acids is 2. The highest BCUT2D eigenvalue weighted by Gasteiger charge is 2.51. The number of carbonyl (C=O) groups is 2. The molecule has 2 atom stereocenters. The first-order chi connectivity index (χ1) is 15.9. The standard InChI is InChI=1S/C27H28N4O2/c1-18(32)31-14-13-19-11-12-21(15-22(19)17-31)20-7-6-10-24(16-20)27(23-8-4-3-5-9-23)25(33)30(2)26(28)29-27/h3-12,15,20H,13-14,16-17H2,1-2H3,(H2,28,29). The summed E-state index contributed by atoms with van der Waals surface area (Å²) in [5.41, 5.74) is 10.4. The molecule has 2 unspecified atom stereocenters. The molecule has 0 spiro atoms. The minimum Gasteiger partial charge on any atom is -0.369 e. The zero-order valence-corrected chi connectivity index (χ0v) is 19.0. The highest BCUT2D eigenvalue weighted by Crippen LogP contribution is 2.45. The Morgan fingerprint density at radius 2 is 1.94 bits per heavy atom. The molecule has 0 bridgehead atoms. The number of fused-ring (bicyclic) bond motifs is 1. The summed E-state index contributed by atoms with van der Waals surface area (Å²) < 4.78 is 0. The van der Waals surface area contributed by atoms with Crippen LogP contribution in [0.3, 0.4) is 0 Å². The monoisotopic (exact) mass is 440 g/mol. The molecule has 2 aromatic rings. The van der Waals surface area contributed by atoms with Crippen molar-refractivity contribution in [3.05, 3.63) is 94.6 Å². The van der Waals surface area contributed by atoms with Gasteiger partial charge in [0.05, 0.1) is 0 Å². The van der Waals surface area contributed by atoms with Crippen LogP contribution < -0.4 is 5.73 Å². The number of hydrogen-bond acceptors (Lipinski definition) is 4. The van der Waals surface area contributed by atoms with E-state index in [0.29, 0.717) is 13.0 Å². The topological polar surface area (TPSA) is 79.0 Å². The van der Waals surface area contributed by atoms with Gasteiger partial charge in [-0.25, -0.2) is 4.99 Å². The van der Waals surface area contributed by atoms with E-state index in [1.807, 2.05) is 47.4 Å². The number of nitrogens with zero attached hydrogens (tertiary/aromatic N) is 3. The molecule has 5 rings (SSSR count). The van der Waals surface area contributed by atoms with Crippen molar-refractivity contribution in [3.8, 4) is 0 Å². The van der Waals surface area contributed by atoms with Crippen LogP contribution in [0.2, 0.25) is 0 Å². The van der Waals surface area contributed by atoms with E-state index in [0.717, 1.165) is 24.1 Å². The van der Waals surface area contributed by atoms with Crippen molar-refractivity contribution in [3.63, 3.8) is 0 Å². The van der Waals surface area contributed by atoms with E-state index in [1.54, 1.807) is 14.0 Å². The van der Waals surface area contributed by atoms with Gasteiger partial charge in [-0.2, -0.15) is 0 Å². The Balaban J connectivity index is 1.50. The molecule has 0 radical (unpaired) electrons. The van der Waals surface area contributed by atoms with Crippen LogP contribution >= 0.6 is 0 Å². The maximum atomic E-state index is 13.5. The molecule has 2 aromatic carbocycles. The van der Waals surface area contributed by atoms with Gasteiger partial charge in [0, 0.05) is 33.0 Å². The third kappa shape index (κ3) is 3.46. The summed E-state index contributed by atoms with van der Waals surface area (Å²) in [5.74, 6) is 0.319. The summed E-state index contributed by atoms with van der Waals surface area (Å²) in [6, 6.07) is 16.3. The first kappa shape index (κ1) is 21.2. The van der Waals surface area contributed by atoms with Crippen molar-refractivity contribution in [2.24, 2.45) is 10.7 Å². The number of nitrogens with two attached hydrogens (primary N) is 1. The Morgan fingerprint density at radius 1 is 1.15 bits per heavy atom. The molecule has 2 aliphatic heterocycles. The van der Waals surface area contributed by atoms with Gasteiger partial charge in [-0.3, -0.25) is 14.5 Å². The van der Waals surface area contributed by atoms with Crippen molar-refractivity contribution in [2.45, 2.75) is 37.8 Å². The summed E-state index contributed by atoms with van der Waals surface area (Å²) in [7, 11) is 1.67. The minimum atomic E-state index is -1.14. The van der Waals surface area contributed by atoms with Crippen LogP contribution in [0.1, 0.15) is 41.5 Å². The summed E-state index contributed by atoms with van der Waals surface area (Å²) in [6.45, 7) is 3.04. The number of likely N-dealkylation sites (N-methyl/N-ethyl adjacent to an activating group) is 1. The van der Waals surface area contributed by atoms with Crippen LogP contribution in [0.15, 0.2) is 77.3 Å². The zero-order valence-electron chi connectivity index (χ0n) is 19.0. The number of hydrogen-bond donors (Lipinski definition) is 1. The molecule has 0 aromatic heterocycles. The first-order valence-electron chi connectivity index (χ1n) is 11.3. The van der Waals surface area contributed by atoms with E-state index in [1.165, 1.54) is 21.6 Å². The Bertz CT molecular complexity index is 1210. The average Bonchev–Trinajstić information content (AvgIpc) is 3.08. The summed E-state index contributed by atoms with van der Waals surface area (Å²) >= 11 is 0. The predicted molar refractivity (Wildman–Crippen MR) is 128 cm³/mol. The summed E-state index contributed by atoms with van der Waals surface area (Å²) in [6.07, 6.45) is 7.75. The van der Waals surface area contributed by atoms with Gasteiger partial charge in [-0.05, 0) is 40.7 Å². The second-order valence-electron chi connectivity index (χ2n) is 9.02. The Morgan fingerprint density at radius 3 is 2.64 bits per heavy atom. The SMILES string of the molecule is CC(=O)N1CCc2ccc(C3C=CC=C(C4(c5ccccc5)N=C(N)N(C)C4=O)C3)cc2C1. The van der Waals surface area contributed by atoms with Gasteiger partial charge >= 0.3 is 0 Å². The molecule has 0 saturated carbocycles. The van der Waals surface area contributed by atoms with Gasteiger partial charge in [0.15, 0.2) is 11.5 Å². The number of guanidine groups is 1. The van der Waals surface area contributed by atoms with Crippen LogP contribution in [0, 0.1) is 0 Å². The Labute approximate surface area is 194 Å². The van der Waals surface area contributed by atoms with Gasteiger partial charge in [0.1, 0.15) is 0 Å².